The van der Waals surface area contributed by atoms with E-state index >= 15 is 0 Å². The van der Waals surface area contributed by atoms with Gasteiger partial charge in [-0.2, -0.15) is 10.2 Å². The molecule has 0 saturated carbocycles. The smallest absolute Gasteiger partial charge is 0.0544 e. The summed E-state index contributed by atoms with van der Waals surface area (Å²) in [5.41, 5.74) is 2.63. The van der Waals surface area contributed by atoms with Gasteiger partial charge in [-0.25, -0.2) is 0 Å². The molecule has 0 spiro atoms. The first-order valence-corrected chi connectivity index (χ1v) is 3.33. The van der Waals surface area contributed by atoms with Gasteiger partial charge in [0.2, 0.25) is 0 Å². The van der Waals surface area contributed by atoms with E-state index in [-0.39, 0.29) is 0 Å². The van der Waals surface area contributed by atoms with Gasteiger partial charge < -0.3 is 0 Å². The Morgan fingerprint density at radius 3 is 2.20 bits per heavy atom. The lowest BCUT2D eigenvalue weighted by Crippen LogP contribution is -2.07. The molecule has 0 aromatic carbocycles. The van der Waals surface area contributed by atoms with Crippen LogP contribution in [-0.2, 0) is 13.1 Å². The minimum atomic E-state index is 1.02. The Kier molecular flexibility index (Phi) is 1.17. The molecule has 0 radical (unpaired) electrons. The lowest BCUT2D eigenvalue weighted by Gasteiger charge is -2.02. The normalized spacial score (nSPS) is 17.3. The van der Waals surface area contributed by atoms with Crippen LogP contribution in [0.15, 0.2) is 12.4 Å². The van der Waals surface area contributed by atoms with E-state index < -0.39 is 0 Å². The maximum atomic E-state index is 3.81. The van der Waals surface area contributed by atoms with Gasteiger partial charge in [0.05, 0.1) is 12.4 Å². The average Bonchev–Trinajstić information content (AvgIpc) is 2.27. The van der Waals surface area contributed by atoms with Crippen LogP contribution in [0.4, 0.5) is 0 Å². The highest BCUT2D eigenvalue weighted by molar-refractivity contribution is 5.23. The van der Waals surface area contributed by atoms with E-state index in [1.165, 1.54) is 11.1 Å². The largest absolute Gasteiger partial charge is 0.298 e. The van der Waals surface area contributed by atoms with Gasteiger partial charge in [0.25, 0.3) is 0 Å². The van der Waals surface area contributed by atoms with Crippen LogP contribution in [0.25, 0.3) is 0 Å². The van der Waals surface area contributed by atoms with E-state index in [9.17, 15) is 0 Å². The third kappa shape index (κ3) is 0.789. The fourth-order valence-electron chi connectivity index (χ4n) is 1.29. The van der Waals surface area contributed by atoms with Crippen molar-refractivity contribution in [1.29, 1.82) is 0 Å². The Morgan fingerprint density at radius 1 is 1.20 bits per heavy atom. The molecule has 0 saturated heterocycles. The van der Waals surface area contributed by atoms with Crippen molar-refractivity contribution in [2.24, 2.45) is 0 Å². The molecule has 0 unspecified atom stereocenters. The fraction of sp³-hybridized carbons (Fsp3) is 0.429. The summed E-state index contributed by atoms with van der Waals surface area (Å²) in [6.45, 7) is 2.04. The van der Waals surface area contributed by atoms with Gasteiger partial charge in [-0.15, -0.1) is 0 Å². The molecule has 0 amide bonds. The molecule has 0 bridgehead atoms. The maximum absolute atomic E-state index is 3.81. The Hall–Kier alpha value is -0.960. The second-order valence-corrected chi connectivity index (χ2v) is 2.71. The van der Waals surface area contributed by atoms with Crippen LogP contribution in [0.3, 0.4) is 0 Å². The highest BCUT2D eigenvalue weighted by atomic mass is 15.1. The Bertz CT molecular complexity index is 221. The molecule has 3 nitrogen and oxygen atoms in total. The monoisotopic (exact) mass is 135 g/mol. The van der Waals surface area contributed by atoms with Gasteiger partial charge in [-0.3, -0.25) is 4.90 Å². The fourth-order valence-corrected chi connectivity index (χ4v) is 1.29. The van der Waals surface area contributed by atoms with E-state index in [0.717, 1.165) is 13.1 Å². The summed E-state index contributed by atoms with van der Waals surface area (Å²) < 4.78 is 0. The third-order valence-electron chi connectivity index (χ3n) is 1.79. The first kappa shape index (κ1) is 5.80. The minimum absolute atomic E-state index is 1.02. The summed E-state index contributed by atoms with van der Waals surface area (Å²) in [5, 5.41) is 7.63. The number of rotatable bonds is 0. The van der Waals surface area contributed by atoms with Crippen LogP contribution < -0.4 is 0 Å². The molecule has 1 aliphatic rings. The first-order valence-electron chi connectivity index (χ1n) is 3.33. The van der Waals surface area contributed by atoms with Gasteiger partial charge in [0.1, 0.15) is 0 Å². The summed E-state index contributed by atoms with van der Waals surface area (Å²) in [6, 6.07) is 0. The predicted molar refractivity (Wildman–Crippen MR) is 37.2 cm³/mol. The van der Waals surface area contributed by atoms with Gasteiger partial charge in [-0.1, -0.05) is 0 Å². The zero-order chi connectivity index (χ0) is 6.97. The number of fused-ring (bicyclic) bond motifs is 1. The van der Waals surface area contributed by atoms with Crippen LogP contribution in [0.1, 0.15) is 11.1 Å². The van der Waals surface area contributed by atoms with E-state index in [1.54, 1.807) is 0 Å². The van der Waals surface area contributed by atoms with Crippen molar-refractivity contribution in [3.63, 3.8) is 0 Å². The van der Waals surface area contributed by atoms with Gasteiger partial charge in [0, 0.05) is 13.1 Å². The Balaban J connectivity index is 2.42. The molecule has 0 atom stereocenters. The zero-order valence-electron chi connectivity index (χ0n) is 5.91. The molecule has 3 heteroatoms. The summed E-state index contributed by atoms with van der Waals surface area (Å²) in [4.78, 5) is 2.24. The van der Waals surface area contributed by atoms with Crippen LogP contribution in [0.5, 0.6) is 0 Å². The van der Waals surface area contributed by atoms with Crippen molar-refractivity contribution in [3.05, 3.63) is 23.5 Å². The van der Waals surface area contributed by atoms with Crippen molar-refractivity contribution < 1.29 is 0 Å². The molecule has 0 aliphatic carbocycles. The molecule has 0 fully saturated rings. The SMILES string of the molecule is CN1Cc2cnncc2C1. The Morgan fingerprint density at radius 2 is 1.70 bits per heavy atom. The number of aromatic nitrogens is 2. The predicted octanol–water partition coefficient (Wildman–Crippen LogP) is 0.422. The van der Waals surface area contributed by atoms with Crippen molar-refractivity contribution in [2.45, 2.75) is 13.1 Å². The highest BCUT2D eigenvalue weighted by Crippen LogP contribution is 2.17. The standard InChI is InChI=1S/C7H9N3/c1-10-4-6-2-8-9-3-7(6)5-10/h2-3H,4-5H2,1H3. The lowest BCUT2D eigenvalue weighted by molar-refractivity contribution is 0.353. The van der Waals surface area contributed by atoms with Crippen LogP contribution in [0, 0.1) is 0 Å². The minimum Gasteiger partial charge on any atom is -0.298 e. The summed E-state index contributed by atoms with van der Waals surface area (Å²) in [6.07, 6.45) is 3.69. The van der Waals surface area contributed by atoms with E-state index in [1.807, 2.05) is 12.4 Å². The molecule has 10 heavy (non-hydrogen) atoms. The van der Waals surface area contributed by atoms with Gasteiger partial charge in [-0.05, 0) is 18.2 Å². The second-order valence-electron chi connectivity index (χ2n) is 2.71. The average molecular weight is 135 g/mol. The van der Waals surface area contributed by atoms with E-state index in [0.29, 0.717) is 0 Å². The summed E-state index contributed by atoms with van der Waals surface area (Å²) in [5.74, 6) is 0. The van der Waals surface area contributed by atoms with E-state index in [2.05, 4.69) is 22.1 Å². The third-order valence-corrected chi connectivity index (χ3v) is 1.79. The van der Waals surface area contributed by atoms with Crippen molar-refractivity contribution >= 4 is 0 Å². The van der Waals surface area contributed by atoms with Gasteiger partial charge >= 0.3 is 0 Å². The quantitative estimate of drug-likeness (QED) is 0.516. The molecule has 1 aromatic rings. The molecule has 2 rings (SSSR count). The number of hydrogen-bond acceptors (Lipinski definition) is 3. The van der Waals surface area contributed by atoms with Crippen molar-refractivity contribution in [1.82, 2.24) is 15.1 Å². The maximum Gasteiger partial charge on any atom is 0.0544 e. The second kappa shape index (κ2) is 2.02. The summed E-state index contributed by atoms with van der Waals surface area (Å²) in [7, 11) is 2.10. The lowest BCUT2D eigenvalue weighted by atomic mass is 10.2. The molecular formula is C7H9N3. The van der Waals surface area contributed by atoms with Crippen LogP contribution in [-0.4, -0.2) is 22.1 Å². The number of hydrogen-bond donors (Lipinski definition) is 0. The molecule has 1 aromatic heterocycles. The van der Waals surface area contributed by atoms with E-state index in [4.69, 9.17) is 0 Å². The molecule has 2 heterocycles. The van der Waals surface area contributed by atoms with Crippen LogP contribution in [0.2, 0.25) is 0 Å². The molecule has 1 aliphatic heterocycles. The Labute approximate surface area is 59.7 Å². The number of nitrogens with zero attached hydrogens (tertiary/aromatic N) is 3. The molecule has 0 N–H and O–H groups in total. The van der Waals surface area contributed by atoms with Crippen molar-refractivity contribution in [3.8, 4) is 0 Å². The zero-order valence-corrected chi connectivity index (χ0v) is 5.91. The highest BCUT2D eigenvalue weighted by Gasteiger charge is 2.14. The molecule has 52 valence electrons. The first-order chi connectivity index (χ1) is 4.86. The summed E-state index contributed by atoms with van der Waals surface area (Å²) >= 11 is 0. The van der Waals surface area contributed by atoms with Gasteiger partial charge in [0.15, 0.2) is 0 Å². The van der Waals surface area contributed by atoms with Crippen LogP contribution >= 0.6 is 0 Å². The molecular weight excluding hydrogens is 126 g/mol. The topological polar surface area (TPSA) is 29.0 Å². The van der Waals surface area contributed by atoms with Crippen molar-refractivity contribution in [2.75, 3.05) is 7.05 Å².